The average molecular weight is 253 g/mol. The molecule has 1 aliphatic heterocycles. The van der Waals surface area contributed by atoms with E-state index in [4.69, 9.17) is 0 Å². The van der Waals surface area contributed by atoms with E-state index in [1.54, 1.807) is 0 Å². The number of nitrogens with zero attached hydrogens (tertiary/aromatic N) is 1. The number of likely N-dealkylation sites (tertiary alicyclic amines) is 1. The van der Waals surface area contributed by atoms with E-state index in [-0.39, 0.29) is 0 Å². The van der Waals surface area contributed by atoms with Crippen LogP contribution >= 0.6 is 0 Å². The lowest BCUT2D eigenvalue weighted by atomic mass is 9.92. The smallest absolute Gasteiger partial charge is 0.0240 e. The Bertz CT molecular complexity index is 579. The maximum atomic E-state index is 2.54. The van der Waals surface area contributed by atoms with Crippen LogP contribution in [-0.4, -0.2) is 18.0 Å². The summed E-state index contributed by atoms with van der Waals surface area (Å²) < 4.78 is 0. The van der Waals surface area contributed by atoms with Crippen molar-refractivity contribution < 1.29 is 0 Å². The highest BCUT2D eigenvalue weighted by molar-refractivity contribution is 5.89. The molecule has 1 fully saturated rings. The summed E-state index contributed by atoms with van der Waals surface area (Å²) in [7, 11) is 0. The van der Waals surface area contributed by atoms with Gasteiger partial charge >= 0.3 is 0 Å². The zero-order chi connectivity index (χ0) is 13.4. The second-order valence-corrected chi connectivity index (χ2v) is 6.31. The fourth-order valence-electron chi connectivity index (χ4n) is 3.22. The van der Waals surface area contributed by atoms with Crippen molar-refractivity contribution in [3.8, 4) is 0 Å². The Morgan fingerprint density at radius 3 is 2.37 bits per heavy atom. The number of fused-ring (bicyclic) bond motifs is 1. The van der Waals surface area contributed by atoms with Gasteiger partial charge < -0.3 is 0 Å². The molecular weight excluding hydrogens is 230 g/mol. The van der Waals surface area contributed by atoms with Crippen molar-refractivity contribution in [3.05, 3.63) is 47.5 Å². The number of benzene rings is 2. The monoisotopic (exact) mass is 253 g/mol. The van der Waals surface area contributed by atoms with Gasteiger partial charge in [-0.15, -0.1) is 0 Å². The van der Waals surface area contributed by atoms with E-state index >= 15 is 0 Å². The standard InChI is InChI=1S/C18H23N/c1-13(2)16-9-8-15(12-19-10-14(3)11-19)17-6-4-5-7-18(16)17/h4-9,13-14H,10-12H2,1-3H3. The van der Waals surface area contributed by atoms with Crippen molar-refractivity contribution in [2.24, 2.45) is 5.92 Å². The summed E-state index contributed by atoms with van der Waals surface area (Å²) in [6.45, 7) is 10.5. The fourth-order valence-corrected chi connectivity index (χ4v) is 3.22. The summed E-state index contributed by atoms with van der Waals surface area (Å²) in [5.41, 5.74) is 2.95. The molecule has 0 N–H and O–H groups in total. The summed E-state index contributed by atoms with van der Waals surface area (Å²) in [5, 5.41) is 2.87. The van der Waals surface area contributed by atoms with Crippen molar-refractivity contribution in [2.45, 2.75) is 33.2 Å². The maximum absolute atomic E-state index is 2.54. The summed E-state index contributed by atoms with van der Waals surface area (Å²) in [5.74, 6) is 1.46. The minimum atomic E-state index is 0.586. The van der Waals surface area contributed by atoms with E-state index in [9.17, 15) is 0 Å². The molecule has 1 heterocycles. The minimum absolute atomic E-state index is 0.586. The molecule has 0 saturated carbocycles. The molecule has 0 unspecified atom stereocenters. The Labute approximate surface area is 116 Å². The summed E-state index contributed by atoms with van der Waals surface area (Å²) in [4.78, 5) is 2.54. The van der Waals surface area contributed by atoms with E-state index in [2.05, 4.69) is 62.1 Å². The Hall–Kier alpha value is -1.34. The molecule has 0 aromatic heterocycles. The Morgan fingerprint density at radius 1 is 1.05 bits per heavy atom. The quantitative estimate of drug-likeness (QED) is 0.783. The molecule has 3 rings (SSSR count). The van der Waals surface area contributed by atoms with Gasteiger partial charge in [0.1, 0.15) is 0 Å². The van der Waals surface area contributed by atoms with Crippen molar-refractivity contribution >= 4 is 10.8 Å². The first-order valence-electron chi connectivity index (χ1n) is 7.38. The highest BCUT2D eigenvalue weighted by Gasteiger charge is 2.22. The van der Waals surface area contributed by atoms with Crippen LogP contribution in [-0.2, 0) is 6.54 Å². The highest BCUT2D eigenvalue weighted by Crippen LogP contribution is 2.29. The van der Waals surface area contributed by atoms with Gasteiger partial charge in [-0.05, 0) is 33.7 Å². The van der Waals surface area contributed by atoms with Crippen LogP contribution < -0.4 is 0 Å². The summed E-state index contributed by atoms with van der Waals surface area (Å²) in [6.07, 6.45) is 0. The van der Waals surface area contributed by atoms with Crippen LogP contribution in [0.4, 0.5) is 0 Å². The molecule has 2 aromatic rings. The van der Waals surface area contributed by atoms with Gasteiger partial charge in [0.25, 0.3) is 0 Å². The minimum Gasteiger partial charge on any atom is -0.298 e. The van der Waals surface area contributed by atoms with Crippen LogP contribution in [0.25, 0.3) is 10.8 Å². The van der Waals surface area contributed by atoms with Gasteiger partial charge in [0.2, 0.25) is 0 Å². The van der Waals surface area contributed by atoms with Crippen molar-refractivity contribution in [1.29, 1.82) is 0 Å². The Kier molecular flexibility index (Phi) is 3.32. The summed E-state index contributed by atoms with van der Waals surface area (Å²) >= 11 is 0. The second-order valence-electron chi connectivity index (χ2n) is 6.31. The number of hydrogen-bond donors (Lipinski definition) is 0. The first-order chi connectivity index (χ1) is 9.15. The van der Waals surface area contributed by atoms with Crippen molar-refractivity contribution in [2.75, 3.05) is 13.1 Å². The normalized spacial score (nSPS) is 17.1. The largest absolute Gasteiger partial charge is 0.298 e. The summed E-state index contributed by atoms with van der Waals surface area (Å²) in [6, 6.07) is 13.5. The fraction of sp³-hybridized carbons (Fsp3) is 0.444. The molecule has 0 spiro atoms. The molecule has 0 atom stereocenters. The van der Waals surface area contributed by atoms with Crippen LogP contribution in [0.5, 0.6) is 0 Å². The maximum Gasteiger partial charge on any atom is 0.0240 e. The third-order valence-corrected chi connectivity index (χ3v) is 4.20. The first kappa shape index (κ1) is 12.7. The molecular formula is C18H23N. The van der Waals surface area contributed by atoms with Crippen LogP contribution in [0.1, 0.15) is 37.8 Å². The predicted octanol–water partition coefficient (Wildman–Crippen LogP) is 4.41. The molecule has 0 aliphatic carbocycles. The third-order valence-electron chi connectivity index (χ3n) is 4.20. The molecule has 1 aliphatic rings. The third kappa shape index (κ3) is 2.40. The van der Waals surface area contributed by atoms with E-state index in [1.165, 1.54) is 35.0 Å². The van der Waals surface area contributed by atoms with Gasteiger partial charge in [0, 0.05) is 19.6 Å². The lowest BCUT2D eigenvalue weighted by Gasteiger charge is -2.37. The van der Waals surface area contributed by atoms with Crippen molar-refractivity contribution in [1.82, 2.24) is 4.90 Å². The molecule has 2 aromatic carbocycles. The zero-order valence-corrected chi connectivity index (χ0v) is 12.2. The van der Waals surface area contributed by atoms with Gasteiger partial charge in [0.05, 0.1) is 0 Å². The first-order valence-corrected chi connectivity index (χ1v) is 7.38. The molecule has 19 heavy (non-hydrogen) atoms. The van der Waals surface area contributed by atoms with E-state index in [0.717, 1.165) is 12.5 Å². The van der Waals surface area contributed by atoms with E-state index in [0.29, 0.717) is 5.92 Å². The van der Waals surface area contributed by atoms with Gasteiger partial charge in [-0.25, -0.2) is 0 Å². The predicted molar refractivity (Wildman–Crippen MR) is 82.5 cm³/mol. The van der Waals surface area contributed by atoms with E-state index < -0.39 is 0 Å². The van der Waals surface area contributed by atoms with Crippen LogP contribution in [0.3, 0.4) is 0 Å². The van der Waals surface area contributed by atoms with Crippen molar-refractivity contribution in [3.63, 3.8) is 0 Å². The zero-order valence-electron chi connectivity index (χ0n) is 12.2. The van der Waals surface area contributed by atoms with Gasteiger partial charge in [-0.3, -0.25) is 4.90 Å². The number of rotatable bonds is 3. The molecule has 1 nitrogen and oxygen atoms in total. The molecule has 100 valence electrons. The van der Waals surface area contributed by atoms with Crippen LogP contribution in [0.2, 0.25) is 0 Å². The molecule has 1 heteroatoms. The topological polar surface area (TPSA) is 3.24 Å². The van der Waals surface area contributed by atoms with Crippen LogP contribution in [0, 0.1) is 5.92 Å². The second kappa shape index (κ2) is 4.97. The lowest BCUT2D eigenvalue weighted by Crippen LogP contribution is -2.44. The molecule has 0 amide bonds. The lowest BCUT2D eigenvalue weighted by molar-refractivity contribution is 0.105. The van der Waals surface area contributed by atoms with E-state index in [1.807, 2.05) is 0 Å². The SMILES string of the molecule is CC1CN(Cc2ccc(C(C)C)c3ccccc23)C1. The molecule has 0 bridgehead atoms. The number of hydrogen-bond acceptors (Lipinski definition) is 1. The Morgan fingerprint density at radius 2 is 1.74 bits per heavy atom. The average Bonchev–Trinajstić information content (AvgIpc) is 2.36. The van der Waals surface area contributed by atoms with Gasteiger partial charge in [0.15, 0.2) is 0 Å². The van der Waals surface area contributed by atoms with Crippen LogP contribution in [0.15, 0.2) is 36.4 Å². The Balaban J connectivity index is 1.99. The molecule has 0 radical (unpaired) electrons. The molecule has 1 saturated heterocycles. The van der Waals surface area contributed by atoms with Gasteiger partial charge in [-0.2, -0.15) is 0 Å². The van der Waals surface area contributed by atoms with Gasteiger partial charge in [-0.1, -0.05) is 57.2 Å². The highest BCUT2D eigenvalue weighted by atomic mass is 15.2.